The van der Waals surface area contributed by atoms with E-state index >= 15 is 0 Å². The number of likely N-dealkylation sites (tertiary alicyclic amines) is 1. The van der Waals surface area contributed by atoms with Crippen molar-refractivity contribution in [3.8, 4) is 11.5 Å². The average Bonchev–Trinajstić information content (AvgIpc) is 2.73. The highest BCUT2D eigenvalue weighted by Crippen LogP contribution is 2.30. The van der Waals surface area contributed by atoms with Crippen LogP contribution in [-0.2, 0) is 14.8 Å². The second-order valence-corrected chi connectivity index (χ2v) is 8.78. The number of esters is 1. The highest BCUT2D eigenvalue weighted by molar-refractivity contribution is 7.92. The quantitative estimate of drug-likeness (QED) is 0.670. The van der Waals surface area contributed by atoms with Crippen molar-refractivity contribution in [1.82, 2.24) is 4.90 Å². The summed E-state index contributed by atoms with van der Waals surface area (Å²) in [6.45, 7) is 1.63. The predicted molar refractivity (Wildman–Crippen MR) is 113 cm³/mol. The van der Waals surface area contributed by atoms with Crippen molar-refractivity contribution in [2.45, 2.75) is 23.8 Å². The molecule has 1 heterocycles. The van der Waals surface area contributed by atoms with Gasteiger partial charge in [-0.25, -0.2) is 13.2 Å². The van der Waals surface area contributed by atoms with Gasteiger partial charge in [-0.1, -0.05) is 12.1 Å². The molecule has 0 amide bonds. The van der Waals surface area contributed by atoms with E-state index in [2.05, 4.69) is 9.62 Å². The number of anilines is 1. The van der Waals surface area contributed by atoms with E-state index in [0.29, 0.717) is 12.3 Å². The molecule has 8 nitrogen and oxygen atoms in total. The van der Waals surface area contributed by atoms with Crippen molar-refractivity contribution in [1.29, 1.82) is 0 Å². The topological polar surface area (TPSA) is 94.2 Å². The molecule has 30 heavy (non-hydrogen) atoms. The minimum absolute atomic E-state index is 0.0165. The van der Waals surface area contributed by atoms with E-state index in [-0.39, 0.29) is 28.0 Å². The number of carbonyl (C=O) groups is 1. The fraction of sp³-hybridized carbons (Fsp3) is 0.381. The first-order valence-electron chi connectivity index (χ1n) is 9.57. The third-order valence-corrected chi connectivity index (χ3v) is 6.27. The molecule has 1 N–H and O–H groups in total. The van der Waals surface area contributed by atoms with Gasteiger partial charge in [-0.2, -0.15) is 0 Å². The van der Waals surface area contributed by atoms with Gasteiger partial charge in [0.25, 0.3) is 10.0 Å². The number of sulfonamides is 1. The largest absolute Gasteiger partial charge is 0.493 e. The van der Waals surface area contributed by atoms with E-state index in [1.165, 1.54) is 38.5 Å². The molecular formula is C21H26N2O6S. The average molecular weight is 435 g/mol. The molecule has 0 aromatic heterocycles. The molecule has 0 saturated carbocycles. The molecule has 1 atom stereocenters. The number of para-hydroxylation sites is 1. The number of piperidine rings is 1. The summed E-state index contributed by atoms with van der Waals surface area (Å²) in [6.07, 6.45) is 1.52. The van der Waals surface area contributed by atoms with Crippen LogP contribution < -0.4 is 14.2 Å². The molecule has 9 heteroatoms. The van der Waals surface area contributed by atoms with Crippen molar-refractivity contribution in [3.63, 3.8) is 0 Å². The molecule has 2 aromatic carbocycles. The van der Waals surface area contributed by atoms with Gasteiger partial charge >= 0.3 is 5.97 Å². The number of nitrogens with one attached hydrogen (secondary N) is 1. The Bertz CT molecular complexity index is 1010. The maximum atomic E-state index is 12.9. The Labute approximate surface area is 176 Å². The van der Waals surface area contributed by atoms with Gasteiger partial charge < -0.3 is 19.1 Å². The van der Waals surface area contributed by atoms with Crippen molar-refractivity contribution in [2.75, 3.05) is 39.1 Å². The number of hydrogen-bond acceptors (Lipinski definition) is 7. The number of likely N-dealkylation sites (N-methyl/N-ethyl adjacent to an activating group) is 1. The van der Waals surface area contributed by atoms with Crippen LogP contribution in [0.1, 0.15) is 23.2 Å². The lowest BCUT2D eigenvalue weighted by molar-refractivity contribution is 0.0110. The first-order valence-corrected chi connectivity index (χ1v) is 11.1. The molecule has 0 bridgehead atoms. The minimum atomic E-state index is -3.97. The normalized spacial score (nSPS) is 17.2. The number of rotatable bonds is 7. The smallest absolute Gasteiger partial charge is 0.340 e. The number of hydrogen-bond donors (Lipinski definition) is 1. The Morgan fingerprint density at radius 2 is 1.83 bits per heavy atom. The first kappa shape index (κ1) is 21.9. The molecular weight excluding hydrogens is 408 g/mol. The zero-order chi connectivity index (χ0) is 21.7. The lowest BCUT2D eigenvalue weighted by atomic mass is 10.1. The second kappa shape index (κ2) is 9.36. The van der Waals surface area contributed by atoms with E-state index in [4.69, 9.17) is 14.2 Å². The van der Waals surface area contributed by atoms with E-state index in [1.807, 2.05) is 7.05 Å². The van der Waals surface area contributed by atoms with E-state index in [0.717, 1.165) is 19.4 Å². The summed E-state index contributed by atoms with van der Waals surface area (Å²) in [5.74, 6) is 0.147. The molecule has 0 aliphatic carbocycles. The van der Waals surface area contributed by atoms with Gasteiger partial charge in [0, 0.05) is 12.6 Å². The van der Waals surface area contributed by atoms with Crippen molar-refractivity contribution < 1.29 is 27.4 Å². The van der Waals surface area contributed by atoms with Gasteiger partial charge in [0.05, 0.1) is 30.4 Å². The van der Waals surface area contributed by atoms with Gasteiger partial charge in [0.15, 0.2) is 11.5 Å². The SMILES string of the molecule is COc1ccc(S(=O)(=O)Nc2ccccc2C(=O)O[C@@H]2CCCN(C)C2)cc1OC. The summed E-state index contributed by atoms with van der Waals surface area (Å²) in [4.78, 5) is 14.8. The fourth-order valence-corrected chi connectivity index (χ4v) is 4.46. The van der Waals surface area contributed by atoms with Crippen LogP contribution in [0.3, 0.4) is 0 Å². The molecule has 3 rings (SSSR count). The van der Waals surface area contributed by atoms with Crippen molar-refractivity contribution >= 4 is 21.7 Å². The van der Waals surface area contributed by atoms with Crippen molar-refractivity contribution in [2.24, 2.45) is 0 Å². The Morgan fingerprint density at radius 3 is 2.53 bits per heavy atom. The van der Waals surface area contributed by atoms with Gasteiger partial charge in [-0.05, 0) is 50.7 Å². The van der Waals surface area contributed by atoms with Crippen LogP contribution in [0.15, 0.2) is 47.4 Å². The van der Waals surface area contributed by atoms with Crippen LogP contribution in [0.2, 0.25) is 0 Å². The summed E-state index contributed by atoms with van der Waals surface area (Å²) in [6, 6.07) is 10.7. The fourth-order valence-electron chi connectivity index (χ4n) is 3.37. The highest BCUT2D eigenvalue weighted by Gasteiger charge is 2.25. The summed E-state index contributed by atoms with van der Waals surface area (Å²) in [7, 11) is 0.902. The Morgan fingerprint density at radius 1 is 1.10 bits per heavy atom. The molecule has 0 radical (unpaired) electrons. The minimum Gasteiger partial charge on any atom is -0.493 e. The highest BCUT2D eigenvalue weighted by atomic mass is 32.2. The molecule has 1 saturated heterocycles. The third-order valence-electron chi connectivity index (χ3n) is 4.91. The molecule has 2 aromatic rings. The molecule has 162 valence electrons. The lowest BCUT2D eigenvalue weighted by Crippen LogP contribution is -2.38. The zero-order valence-electron chi connectivity index (χ0n) is 17.3. The predicted octanol–water partition coefficient (Wildman–Crippen LogP) is 2.76. The van der Waals surface area contributed by atoms with Crippen LogP contribution >= 0.6 is 0 Å². The van der Waals surface area contributed by atoms with Crippen LogP contribution in [0.5, 0.6) is 11.5 Å². The Balaban J connectivity index is 1.82. The maximum Gasteiger partial charge on any atom is 0.340 e. The van der Waals surface area contributed by atoms with E-state index in [9.17, 15) is 13.2 Å². The molecule has 1 aliphatic heterocycles. The number of carbonyl (C=O) groups excluding carboxylic acids is 1. The molecule has 0 spiro atoms. The van der Waals surface area contributed by atoms with Gasteiger partial charge in [-0.3, -0.25) is 4.72 Å². The Kier molecular flexibility index (Phi) is 6.84. The van der Waals surface area contributed by atoms with E-state index < -0.39 is 16.0 Å². The van der Waals surface area contributed by atoms with Gasteiger partial charge in [0.2, 0.25) is 0 Å². The number of methoxy groups -OCH3 is 2. The number of nitrogens with zero attached hydrogens (tertiary/aromatic N) is 1. The standard InChI is InChI=1S/C21H26N2O6S/c1-23-12-6-7-15(14-23)29-21(24)17-8-4-5-9-18(17)22-30(25,26)16-10-11-19(27-2)20(13-16)28-3/h4-5,8-11,13,15,22H,6-7,12,14H2,1-3H3/t15-/m1/s1. The first-order chi connectivity index (χ1) is 14.3. The second-order valence-electron chi connectivity index (χ2n) is 7.10. The zero-order valence-corrected chi connectivity index (χ0v) is 18.1. The van der Waals surface area contributed by atoms with Crippen molar-refractivity contribution in [3.05, 3.63) is 48.0 Å². The summed E-state index contributed by atoms with van der Waals surface area (Å²) in [5, 5.41) is 0. The van der Waals surface area contributed by atoms with E-state index in [1.54, 1.807) is 18.2 Å². The lowest BCUT2D eigenvalue weighted by Gasteiger charge is -2.29. The summed E-state index contributed by atoms with van der Waals surface area (Å²) < 4.78 is 44.3. The van der Waals surface area contributed by atoms with Crippen LogP contribution in [0.4, 0.5) is 5.69 Å². The van der Waals surface area contributed by atoms with Gasteiger partial charge in [-0.15, -0.1) is 0 Å². The summed E-state index contributed by atoms with van der Waals surface area (Å²) >= 11 is 0. The third kappa shape index (κ3) is 5.03. The molecule has 0 unspecified atom stereocenters. The Hall–Kier alpha value is -2.78. The molecule has 1 aliphatic rings. The monoisotopic (exact) mass is 434 g/mol. The summed E-state index contributed by atoms with van der Waals surface area (Å²) in [5.41, 5.74) is 0.316. The number of ether oxygens (including phenoxy) is 3. The maximum absolute atomic E-state index is 12.9. The van der Waals surface area contributed by atoms with Crippen LogP contribution in [0, 0.1) is 0 Å². The number of benzene rings is 2. The van der Waals surface area contributed by atoms with Gasteiger partial charge in [0.1, 0.15) is 6.10 Å². The van der Waals surface area contributed by atoms with Crippen LogP contribution in [-0.4, -0.2) is 59.7 Å². The molecule has 1 fully saturated rings. The van der Waals surface area contributed by atoms with Crippen LogP contribution in [0.25, 0.3) is 0 Å².